The van der Waals surface area contributed by atoms with Crippen molar-refractivity contribution in [2.75, 3.05) is 5.32 Å². The Morgan fingerprint density at radius 1 is 1.17 bits per heavy atom. The average molecular weight is 409 g/mol. The number of pyridine rings is 1. The minimum Gasteiger partial charge on any atom is -0.350 e. The number of amides is 1. The van der Waals surface area contributed by atoms with E-state index in [9.17, 15) is 9.18 Å². The summed E-state index contributed by atoms with van der Waals surface area (Å²) in [7, 11) is 1.88. The maximum absolute atomic E-state index is 13.0. The van der Waals surface area contributed by atoms with Gasteiger partial charge in [-0.2, -0.15) is 0 Å². The number of hydrogen-bond donors (Lipinski definition) is 2. The Labute approximate surface area is 172 Å². The number of aryl methyl sites for hydroxylation is 1. The number of halogens is 2. The van der Waals surface area contributed by atoms with Gasteiger partial charge in [0, 0.05) is 42.1 Å². The van der Waals surface area contributed by atoms with E-state index in [1.165, 1.54) is 12.1 Å². The Hall–Kier alpha value is -3.38. The fraction of sp³-hybridized carbons (Fsp3) is 0.0909. The predicted octanol–water partition coefficient (Wildman–Crippen LogP) is 5.04. The van der Waals surface area contributed by atoms with Crippen LogP contribution in [-0.4, -0.2) is 15.5 Å². The molecule has 0 radical (unpaired) electrons. The second-order valence-corrected chi connectivity index (χ2v) is 7.09. The minimum atomic E-state index is -0.308. The zero-order chi connectivity index (χ0) is 20.4. The van der Waals surface area contributed by atoms with Gasteiger partial charge in [0.2, 0.25) is 0 Å². The molecule has 2 aromatic carbocycles. The lowest BCUT2D eigenvalue weighted by atomic mass is 10.1. The molecule has 0 spiro atoms. The lowest BCUT2D eigenvalue weighted by Crippen LogP contribution is -2.23. The van der Waals surface area contributed by atoms with Crippen molar-refractivity contribution in [3.63, 3.8) is 0 Å². The molecule has 2 aromatic heterocycles. The fourth-order valence-corrected chi connectivity index (χ4v) is 3.35. The molecule has 146 valence electrons. The van der Waals surface area contributed by atoms with Gasteiger partial charge in [-0.05, 0) is 42.0 Å². The molecule has 7 heteroatoms. The molecular formula is C22H18ClFN4O. The molecular weight excluding hydrogens is 391 g/mol. The number of hydrogen-bond acceptors (Lipinski definition) is 3. The number of benzene rings is 2. The maximum Gasteiger partial charge on any atom is 0.255 e. The van der Waals surface area contributed by atoms with Gasteiger partial charge in [-0.3, -0.25) is 4.79 Å². The zero-order valence-corrected chi connectivity index (χ0v) is 16.4. The van der Waals surface area contributed by atoms with Crippen LogP contribution in [0.2, 0.25) is 5.02 Å². The zero-order valence-electron chi connectivity index (χ0n) is 15.6. The average Bonchev–Trinajstić information content (AvgIpc) is 3.10. The van der Waals surface area contributed by atoms with Crippen LogP contribution in [0.1, 0.15) is 15.9 Å². The van der Waals surface area contributed by atoms with Crippen molar-refractivity contribution < 1.29 is 9.18 Å². The standard InChI is InChI=1S/C22H18ClFN4O/c1-28-10-9-18-20(28)19(22(29)26-12-14-5-7-16(24)8-6-14)13-25-21(18)27-17-4-2-3-15(23)11-17/h2-11,13H,12H2,1H3,(H,25,27)(H,26,29). The summed E-state index contributed by atoms with van der Waals surface area (Å²) in [5.74, 6) is 0.0819. The van der Waals surface area contributed by atoms with Gasteiger partial charge in [-0.25, -0.2) is 9.37 Å². The van der Waals surface area contributed by atoms with Crippen molar-refractivity contribution in [3.8, 4) is 0 Å². The van der Waals surface area contributed by atoms with E-state index in [0.29, 0.717) is 22.9 Å². The normalized spacial score (nSPS) is 10.9. The topological polar surface area (TPSA) is 59.0 Å². The van der Waals surface area contributed by atoms with Gasteiger partial charge >= 0.3 is 0 Å². The molecule has 1 amide bonds. The first-order chi connectivity index (χ1) is 14.0. The third-order valence-corrected chi connectivity index (χ3v) is 4.84. The first-order valence-corrected chi connectivity index (χ1v) is 9.38. The summed E-state index contributed by atoms with van der Waals surface area (Å²) in [6.07, 6.45) is 3.43. The molecule has 2 heterocycles. The Morgan fingerprint density at radius 2 is 1.97 bits per heavy atom. The summed E-state index contributed by atoms with van der Waals surface area (Å²) >= 11 is 6.06. The van der Waals surface area contributed by atoms with Crippen molar-refractivity contribution in [2.24, 2.45) is 7.05 Å². The summed E-state index contributed by atoms with van der Waals surface area (Å²) < 4.78 is 14.9. The van der Waals surface area contributed by atoms with Gasteiger partial charge < -0.3 is 15.2 Å². The van der Waals surface area contributed by atoms with E-state index in [1.807, 2.05) is 36.0 Å². The summed E-state index contributed by atoms with van der Waals surface area (Å²) in [6, 6.07) is 15.3. The van der Waals surface area contributed by atoms with Crippen LogP contribution in [0, 0.1) is 5.82 Å². The van der Waals surface area contributed by atoms with Crippen LogP contribution >= 0.6 is 11.6 Å². The Morgan fingerprint density at radius 3 is 2.72 bits per heavy atom. The highest BCUT2D eigenvalue weighted by atomic mass is 35.5. The molecule has 0 atom stereocenters. The molecule has 0 aliphatic rings. The molecule has 0 saturated heterocycles. The molecule has 5 nitrogen and oxygen atoms in total. The highest BCUT2D eigenvalue weighted by molar-refractivity contribution is 6.30. The number of carbonyl (C=O) groups is 1. The Balaban J connectivity index is 1.61. The van der Waals surface area contributed by atoms with E-state index < -0.39 is 0 Å². The van der Waals surface area contributed by atoms with E-state index in [-0.39, 0.29) is 11.7 Å². The van der Waals surface area contributed by atoms with E-state index in [1.54, 1.807) is 30.5 Å². The van der Waals surface area contributed by atoms with Crippen LogP contribution in [0.15, 0.2) is 67.0 Å². The quantitative estimate of drug-likeness (QED) is 0.486. The molecule has 0 aliphatic carbocycles. The minimum absolute atomic E-state index is 0.247. The summed E-state index contributed by atoms with van der Waals surface area (Å²) in [4.78, 5) is 17.2. The van der Waals surface area contributed by atoms with Gasteiger partial charge in [-0.15, -0.1) is 0 Å². The highest BCUT2D eigenvalue weighted by Crippen LogP contribution is 2.28. The molecule has 2 N–H and O–H groups in total. The number of rotatable bonds is 5. The van der Waals surface area contributed by atoms with Gasteiger partial charge in [0.15, 0.2) is 0 Å². The molecule has 0 unspecified atom stereocenters. The second kappa shape index (κ2) is 7.93. The summed E-state index contributed by atoms with van der Waals surface area (Å²) in [6.45, 7) is 0.299. The number of carbonyl (C=O) groups excluding carboxylic acids is 1. The van der Waals surface area contributed by atoms with Gasteiger partial charge in [0.05, 0.1) is 11.1 Å². The number of anilines is 2. The van der Waals surface area contributed by atoms with Crippen molar-refractivity contribution in [1.82, 2.24) is 14.9 Å². The van der Waals surface area contributed by atoms with Crippen molar-refractivity contribution in [3.05, 3.63) is 89.0 Å². The largest absolute Gasteiger partial charge is 0.350 e. The Bertz CT molecular complexity index is 1190. The number of aromatic nitrogens is 2. The van der Waals surface area contributed by atoms with E-state index >= 15 is 0 Å². The van der Waals surface area contributed by atoms with E-state index in [0.717, 1.165) is 22.2 Å². The molecule has 4 aromatic rings. The van der Waals surface area contributed by atoms with Crippen molar-refractivity contribution >= 4 is 39.9 Å². The molecule has 0 bridgehead atoms. The number of nitrogens with zero attached hydrogens (tertiary/aromatic N) is 2. The lowest BCUT2D eigenvalue weighted by molar-refractivity contribution is 0.0952. The smallest absolute Gasteiger partial charge is 0.255 e. The van der Waals surface area contributed by atoms with Gasteiger partial charge in [0.25, 0.3) is 5.91 Å². The third kappa shape index (κ3) is 4.07. The first-order valence-electron chi connectivity index (χ1n) is 9.00. The third-order valence-electron chi connectivity index (χ3n) is 4.60. The summed E-state index contributed by atoms with van der Waals surface area (Å²) in [5, 5.41) is 7.56. The van der Waals surface area contributed by atoms with E-state index in [2.05, 4.69) is 15.6 Å². The van der Waals surface area contributed by atoms with Gasteiger partial charge in [0.1, 0.15) is 11.6 Å². The molecule has 4 rings (SSSR count). The van der Waals surface area contributed by atoms with Gasteiger partial charge in [-0.1, -0.05) is 29.8 Å². The lowest BCUT2D eigenvalue weighted by Gasteiger charge is -2.12. The van der Waals surface area contributed by atoms with Crippen LogP contribution in [0.4, 0.5) is 15.9 Å². The molecule has 0 aliphatic heterocycles. The van der Waals surface area contributed by atoms with Crippen molar-refractivity contribution in [2.45, 2.75) is 6.54 Å². The Kier molecular flexibility index (Phi) is 5.18. The van der Waals surface area contributed by atoms with Crippen LogP contribution in [0.5, 0.6) is 0 Å². The number of fused-ring (bicyclic) bond motifs is 1. The van der Waals surface area contributed by atoms with Crippen LogP contribution < -0.4 is 10.6 Å². The molecule has 0 saturated carbocycles. The summed E-state index contributed by atoms with van der Waals surface area (Å²) in [5.41, 5.74) is 2.85. The highest BCUT2D eigenvalue weighted by Gasteiger charge is 2.16. The fourth-order valence-electron chi connectivity index (χ4n) is 3.16. The monoisotopic (exact) mass is 408 g/mol. The molecule has 29 heavy (non-hydrogen) atoms. The van der Waals surface area contributed by atoms with Crippen LogP contribution in [-0.2, 0) is 13.6 Å². The number of nitrogens with one attached hydrogen (secondary N) is 2. The van der Waals surface area contributed by atoms with E-state index in [4.69, 9.17) is 11.6 Å². The van der Waals surface area contributed by atoms with Crippen LogP contribution in [0.25, 0.3) is 10.9 Å². The molecule has 0 fully saturated rings. The van der Waals surface area contributed by atoms with Crippen molar-refractivity contribution in [1.29, 1.82) is 0 Å². The second-order valence-electron chi connectivity index (χ2n) is 6.65. The SMILES string of the molecule is Cn1ccc2c(Nc3cccc(Cl)c3)ncc(C(=O)NCc3ccc(F)cc3)c21. The predicted molar refractivity (Wildman–Crippen MR) is 113 cm³/mol. The maximum atomic E-state index is 13.0. The first kappa shape index (κ1) is 19.0. The van der Waals surface area contributed by atoms with Crippen LogP contribution in [0.3, 0.4) is 0 Å².